The van der Waals surface area contributed by atoms with Gasteiger partial charge in [0.2, 0.25) is 0 Å². The van der Waals surface area contributed by atoms with Crippen molar-refractivity contribution < 1.29 is 15.0 Å². The Bertz CT molecular complexity index is 867. The summed E-state index contributed by atoms with van der Waals surface area (Å²) in [5.74, 6) is -0.0196. The van der Waals surface area contributed by atoms with Crippen LogP contribution in [0.4, 0.5) is 5.82 Å². The SMILES string of the molecule is C[C@@](CCCCn1cnc2c1NC=NCC2O)(Cc1cccc(Br)c1)C(=O)O. The van der Waals surface area contributed by atoms with Gasteiger partial charge < -0.3 is 20.1 Å². The molecular weight excluding hydrogens is 424 g/mol. The Morgan fingerprint density at radius 1 is 1.43 bits per heavy atom. The van der Waals surface area contributed by atoms with Gasteiger partial charge in [-0.15, -0.1) is 0 Å². The lowest BCUT2D eigenvalue weighted by Crippen LogP contribution is -2.30. The number of rotatable bonds is 8. The zero-order valence-electron chi connectivity index (χ0n) is 15.8. The topological polar surface area (TPSA) is 99.7 Å². The maximum absolute atomic E-state index is 11.9. The van der Waals surface area contributed by atoms with E-state index in [1.165, 1.54) is 0 Å². The van der Waals surface area contributed by atoms with E-state index in [2.05, 4.69) is 31.2 Å². The highest BCUT2D eigenvalue weighted by atomic mass is 79.9. The molecule has 0 saturated heterocycles. The molecule has 1 aliphatic rings. The maximum Gasteiger partial charge on any atom is 0.309 e. The van der Waals surface area contributed by atoms with Gasteiger partial charge >= 0.3 is 5.97 Å². The average molecular weight is 449 g/mol. The number of carboxylic acid groups (broad SMARTS) is 1. The molecule has 1 unspecified atom stereocenters. The molecule has 1 aliphatic heterocycles. The number of fused-ring (bicyclic) bond motifs is 1. The summed E-state index contributed by atoms with van der Waals surface area (Å²) in [4.78, 5) is 20.3. The van der Waals surface area contributed by atoms with E-state index in [0.29, 0.717) is 31.6 Å². The summed E-state index contributed by atoms with van der Waals surface area (Å²) in [5, 5.41) is 22.9. The number of anilines is 1. The second-order valence-corrected chi connectivity index (χ2v) is 8.37. The number of nitrogens with one attached hydrogen (secondary N) is 1. The third-order valence-corrected chi connectivity index (χ3v) is 5.62. The second-order valence-electron chi connectivity index (χ2n) is 7.46. The minimum absolute atomic E-state index is 0.295. The van der Waals surface area contributed by atoms with Crippen molar-refractivity contribution in [2.45, 2.75) is 45.3 Å². The minimum atomic E-state index is -0.812. The minimum Gasteiger partial charge on any atom is -0.481 e. The predicted octanol–water partition coefficient (Wildman–Crippen LogP) is 3.64. The van der Waals surface area contributed by atoms with Crippen LogP contribution in [0.5, 0.6) is 0 Å². The lowest BCUT2D eigenvalue weighted by atomic mass is 9.79. The predicted molar refractivity (Wildman–Crippen MR) is 112 cm³/mol. The van der Waals surface area contributed by atoms with E-state index in [0.717, 1.165) is 28.7 Å². The number of aryl methyl sites for hydroxylation is 1. The van der Waals surface area contributed by atoms with Crippen LogP contribution in [0.1, 0.15) is 43.5 Å². The van der Waals surface area contributed by atoms with Crippen molar-refractivity contribution in [2.24, 2.45) is 10.4 Å². The second kappa shape index (κ2) is 8.87. The van der Waals surface area contributed by atoms with Crippen LogP contribution in [0.2, 0.25) is 0 Å². The summed E-state index contributed by atoms with van der Waals surface area (Å²) in [6.45, 7) is 2.81. The maximum atomic E-state index is 11.9. The zero-order chi connectivity index (χ0) is 20.1. The van der Waals surface area contributed by atoms with Gasteiger partial charge in [-0.3, -0.25) is 9.79 Å². The number of hydrogen-bond acceptors (Lipinski definition) is 5. The molecule has 2 heterocycles. The monoisotopic (exact) mass is 448 g/mol. The number of imidazole rings is 1. The van der Waals surface area contributed by atoms with Crippen molar-refractivity contribution in [3.05, 3.63) is 46.3 Å². The first kappa shape index (κ1) is 20.5. The van der Waals surface area contributed by atoms with Crippen LogP contribution in [-0.2, 0) is 17.8 Å². The molecule has 1 aromatic carbocycles. The smallest absolute Gasteiger partial charge is 0.309 e. The molecule has 8 heteroatoms. The number of carbonyl (C=O) groups is 1. The molecule has 2 aromatic rings. The number of nitrogens with zero attached hydrogens (tertiary/aromatic N) is 3. The van der Waals surface area contributed by atoms with Crippen LogP contribution >= 0.6 is 15.9 Å². The molecule has 0 amide bonds. The number of aliphatic carboxylic acids is 1. The lowest BCUT2D eigenvalue weighted by molar-refractivity contribution is -0.148. The van der Waals surface area contributed by atoms with E-state index < -0.39 is 17.5 Å². The van der Waals surface area contributed by atoms with Gasteiger partial charge in [-0.25, -0.2) is 4.98 Å². The Kier molecular flexibility index (Phi) is 6.51. The van der Waals surface area contributed by atoms with E-state index in [1.807, 2.05) is 35.8 Å². The first-order valence-corrected chi connectivity index (χ1v) is 10.1. The highest BCUT2D eigenvalue weighted by Gasteiger charge is 2.32. The van der Waals surface area contributed by atoms with Crippen LogP contribution in [0.15, 0.2) is 40.1 Å². The first-order valence-electron chi connectivity index (χ1n) is 9.35. The number of aromatic nitrogens is 2. The van der Waals surface area contributed by atoms with Crippen LogP contribution in [0.25, 0.3) is 0 Å². The van der Waals surface area contributed by atoms with E-state index in [4.69, 9.17) is 0 Å². The number of hydrogen-bond donors (Lipinski definition) is 3. The highest BCUT2D eigenvalue weighted by molar-refractivity contribution is 9.10. The summed E-state index contributed by atoms with van der Waals surface area (Å²) >= 11 is 3.44. The average Bonchev–Trinajstić information content (AvgIpc) is 2.95. The molecule has 0 spiro atoms. The summed E-state index contributed by atoms with van der Waals surface area (Å²) in [6.07, 6.45) is 5.25. The Morgan fingerprint density at radius 3 is 3.00 bits per heavy atom. The van der Waals surface area contributed by atoms with E-state index in [1.54, 1.807) is 12.7 Å². The normalized spacial score (nSPS) is 18.0. The molecule has 0 aliphatic carbocycles. The van der Waals surface area contributed by atoms with Crippen molar-refractivity contribution in [1.29, 1.82) is 0 Å². The Balaban J connectivity index is 1.58. The van der Waals surface area contributed by atoms with Crippen molar-refractivity contribution in [2.75, 3.05) is 11.9 Å². The van der Waals surface area contributed by atoms with Gasteiger partial charge in [0.15, 0.2) is 0 Å². The van der Waals surface area contributed by atoms with Crippen molar-refractivity contribution in [1.82, 2.24) is 9.55 Å². The molecule has 0 bridgehead atoms. The van der Waals surface area contributed by atoms with E-state index in [9.17, 15) is 15.0 Å². The van der Waals surface area contributed by atoms with Crippen molar-refractivity contribution in [3.8, 4) is 0 Å². The molecule has 28 heavy (non-hydrogen) atoms. The van der Waals surface area contributed by atoms with Gasteiger partial charge in [0, 0.05) is 11.0 Å². The molecule has 7 nitrogen and oxygen atoms in total. The quantitative estimate of drug-likeness (QED) is 0.535. The van der Waals surface area contributed by atoms with Gasteiger partial charge in [-0.1, -0.05) is 34.5 Å². The number of aliphatic imine (C=N–C) groups is 1. The third-order valence-electron chi connectivity index (χ3n) is 5.13. The molecule has 0 radical (unpaired) electrons. The largest absolute Gasteiger partial charge is 0.481 e. The number of carboxylic acids is 1. The Morgan fingerprint density at radius 2 is 2.25 bits per heavy atom. The van der Waals surface area contributed by atoms with Crippen LogP contribution in [-0.4, -0.2) is 38.6 Å². The zero-order valence-corrected chi connectivity index (χ0v) is 17.4. The van der Waals surface area contributed by atoms with Gasteiger partial charge in [0.1, 0.15) is 17.6 Å². The summed E-state index contributed by atoms with van der Waals surface area (Å²) in [7, 11) is 0. The van der Waals surface area contributed by atoms with Crippen LogP contribution in [0.3, 0.4) is 0 Å². The van der Waals surface area contributed by atoms with E-state index >= 15 is 0 Å². The van der Waals surface area contributed by atoms with Gasteiger partial charge in [0.05, 0.1) is 24.6 Å². The van der Waals surface area contributed by atoms with Gasteiger partial charge in [-0.05, 0) is 43.9 Å². The molecule has 3 N–H and O–H groups in total. The number of aliphatic hydroxyl groups is 1. The van der Waals surface area contributed by atoms with Crippen LogP contribution in [0, 0.1) is 5.41 Å². The molecule has 150 valence electrons. The molecule has 2 atom stereocenters. The molecular formula is C20H25BrN4O3. The first-order chi connectivity index (χ1) is 13.4. The van der Waals surface area contributed by atoms with Crippen LogP contribution < -0.4 is 5.32 Å². The molecule has 0 saturated carbocycles. The summed E-state index contributed by atoms with van der Waals surface area (Å²) in [5.41, 5.74) is 0.799. The molecule has 3 rings (SSSR count). The van der Waals surface area contributed by atoms with Gasteiger partial charge in [0.25, 0.3) is 0 Å². The summed E-state index contributed by atoms with van der Waals surface area (Å²) < 4.78 is 2.90. The fourth-order valence-corrected chi connectivity index (χ4v) is 3.93. The standard InChI is InChI=1S/C20H25BrN4O3/c1-20(19(27)28,10-14-5-4-6-15(21)9-14)7-2-3-8-25-13-24-17-16(26)11-22-12-23-18(17)25/h4-6,9,12-13,16,26H,2-3,7-8,10-11H2,1H3,(H,22,23)(H,27,28)/t16?,20-/m1/s1. The number of benzene rings is 1. The third kappa shape index (κ3) is 4.80. The highest BCUT2D eigenvalue weighted by Crippen LogP contribution is 2.31. The van der Waals surface area contributed by atoms with Crippen molar-refractivity contribution in [3.63, 3.8) is 0 Å². The Hall–Kier alpha value is -2.19. The fraction of sp³-hybridized carbons (Fsp3) is 0.450. The molecule has 0 fully saturated rings. The van der Waals surface area contributed by atoms with Gasteiger partial charge in [-0.2, -0.15) is 0 Å². The number of halogens is 1. The van der Waals surface area contributed by atoms with E-state index in [-0.39, 0.29) is 0 Å². The Labute approximate surface area is 172 Å². The number of aliphatic hydroxyl groups excluding tert-OH is 1. The lowest BCUT2D eigenvalue weighted by Gasteiger charge is -2.25. The van der Waals surface area contributed by atoms with Crippen molar-refractivity contribution >= 4 is 34.1 Å². The number of unbranched alkanes of at least 4 members (excludes halogenated alkanes) is 1. The fourth-order valence-electron chi connectivity index (χ4n) is 3.48. The molecule has 1 aromatic heterocycles. The summed E-state index contributed by atoms with van der Waals surface area (Å²) in [6, 6.07) is 7.80.